The van der Waals surface area contributed by atoms with E-state index in [2.05, 4.69) is 5.32 Å². The molecule has 0 aliphatic carbocycles. The number of halogens is 2. The van der Waals surface area contributed by atoms with Crippen molar-refractivity contribution in [1.82, 2.24) is 0 Å². The molecule has 100 valence electrons. The topological polar surface area (TPSA) is 64.3 Å². The number of carbonyl (C=O) groups excluding carboxylic acids is 1. The van der Waals surface area contributed by atoms with E-state index in [-0.39, 0.29) is 18.6 Å². The summed E-state index contributed by atoms with van der Waals surface area (Å²) in [7, 11) is 0. The zero-order chi connectivity index (χ0) is 13.7. The third-order valence-electron chi connectivity index (χ3n) is 2.42. The summed E-state index contributed by atoms with van der Waals surface area (Å²) in [6.07, 6.45) is 0.880. The Morgan fingerprint density at radius 3 is 2.72 bits per heavy atom. The van der Waals surface area contributed by atoms with Gasteiger partial charge in [-0.3, -0.25) is 4.79 Å². The summed E-state index contributed by atoms with van der Waals surface area (Å²) >= 11 is 11.7. The van der Waals surface area contributed by atoms with Crippen LogP contribution < -0.4 is 11.1 Å². The smallest absolute Gasteiger partial charge is 0.250 e. The fourth-order valence-electron chi connectivity index (χ4n) is 1.24. The Morgan fingerprint density at radius 2 is 2.17 bits per heavy atom. The van der Waals surface area contributed by atoms with Crippen LogP contribution >= 0.6 is 23.2 Å². The highest BCUT2D eigenvalue weighted by molar-refractivity contribution is 6.37. The summed E-state index contributed by atoms with van der Waals surface area (Å²) in [5.74, 6) is -0.300. The van der Waals surface area contributed by atoms with Gasteiger partial charge in [-0.2, -0.15) is 0 Å². The van der Waals surface area contributed by atoms with Gasteiger partial charge in [0.15, 0.2) is 0 Å². The van der Waals surface area contributed by atoms with Crippen LogP contribution in [0.2, 0.25) is 10.0 Å². The van der Waals surface area contributed by atoms with Gasteiger partial charge >= 0.3 is 0 Å². The van der Waals surface area contributed by atoms with Gasteiger partial charge in [0.2, 0.25) is 5.91 Å². The molecule has 1 aromatic carbocycles. The van der Waals surface area contributed by atoms with Gasteiger partial charge in [-0.1, -0.05) is 30.1 Å². The summed E-state index contributed by atoms with van der Waals surface area (Å²) in [4.78, 5) is 11.6. The van der Waals surface area contributed by atoms with Crippen molar-refractivity contribution in [2.24, 2.45) is 0 Å². The van der Waals surface area contributed by atoms with E-state index in [1.807, 2.05) is 13.8 Å². The number of amides is 1. The van der Waals surface area contributed by atoms with Gasteiger partial charge in [0.05, 0.1) is 22.5 Å². The van der Waals surface area contributed by atoms with Gasteiger partial charge < -0.3 is 15.8 Å². The monoisotopic (exact) mass is 290 g/mol. The Balaban J connectivity index is 2.65. The minimum absolute atomic E-state index is 0.0343. The third-order valence-corrected chi connectivity index (χ3v) is 2.94. The predicted octanol–water partition coefficient (Wildman–Crippen LogP) is 3.33. The lowest BCUT2D eigenvalue weighted by atomic mass is 10.2. The van der Waals surface area contributed by atoms with E-state index < -0.39 is 0 Å². The van der Waals surface area contributed by atoms with E-state index in [0.29, 0.717) is 21.4 Å². The fraction of sp³-hybridized carbons (Fsp3) is 0.417. The molecular weight excluding hydrogens is 275 g/mol. The molecule has 0 aromatic heterocycles. The van der Waals surface area contributed by atoms with Crippen LogP contribution in [-0.4, -0.2) is 18.6 Å². The van der Waals surface area contributed by atoms with E-state index in [9.17, 15) is 4.79 Å². The Hall–Kier alpha value is -0.970. The van der Waals surface area contributed by atoms with Gasteiger partial charge in [0.25, 0.3) is 0 Å². The normalized spacial score (nSPS) is 12.2. The second-order valence-electron chi connectivity index (χ2n) is 3.93. The molecule has 18 heavy (non-hydrogen) atoms. The number of anilines is 2. The molecule has 1 unspecified atom stereocenters. The lowest BCUT2D eigenvalue weighted by Crippen LogP contribution is -2.22. The van der Waals surface area contributed by atoms with Crippen molar-refractivity contribution in [3.63, 3.8) is 0 Å². The highest BCUT2D eigenvalue weighted by Crippen LogP contribution is 2.31. The standard InChI is InChI=1S/C12H16Cl2N2O2/c1-3-7(2)18-6-11(17)16-12-9(14)4-8(13)5-10(12)15/h4-5,7H,3,6,15H2,1-2H3,(H,16,17). The number of nitrogens with one attached hydrogen (secondary N) is 1. The maximum absolute atomic E-state index is 11.6. The molecule has 1 rings (SSSR count). The molecule has 0 bridgehead atoms. The molecule has 1 atom stereocenters. The van der Waals surface area contributed by atoms with E-state index in [4.69, 9.17) is 33.7 Å². The number of rotatable bonds is 5. The van der Waals surface area contributed by atoms with Crippen molar-refractivity contribution in [2.75, 3.05) is 17.7 Å². The number of nitrogens with two attached hydrogens (primary N) is 1. The second-order valence-corrected chi connectivity index (χ2v) is 4.77. The van der Waals surface area contributed by atoms with E-state index in [1.54, 1.807) is 0 Å². The Bertz CT molecular complexity index is 415. The molecule has 0 heterocycles. The molecule has 0 saturated carbocycles. The minimum Gasteiger partial charge on any atom is -0.397 e. The zero-order valence-electron chi connectivity index (χ0n) is 10.3. The highest BCUT2D eigenvalue weighted by atomic mass is 35.5. The molecule has 0 saturated heterocycles. The van der Waals surface area contributed by atoms with Crippen LogP contribution in [-0.2, 0) is 9.53 Å². The van der Waals surface area contributed by atoms with Crippen LogP contribution in [0.25, 0.3) is 0 Å². The maximum atomic E-state index is 11.6. The average Bonchev–Trinajstić information content (AvgIpc) is 2.30. The maximum Gasteiger partial charge on any atom is 0.250 e. The van der Waals surface area contributed by atoms with E-state index in [1.165, 1.54) is 12.1 Å². The molecule has 6 heteroatoms. The molecule has 0 fully saturated rings. The molecule has 4 nitrogen and oxygen atoms in total. The van der Waals surface area contributed by atoms with E-state index >= 15 is 0 Å². The molecule has 0 aliphatic rings. The largest absolute Gasteiger partial charge is 0.397 e. The van der Waals surface area contributed by atoms with Crippen molar-refractivity contribution in [3.05, 3.63) is 22.2 Å². The van der Waals surface area contributed by atoms with Gasteiger partial charge in [-0.25, -0.2) is 0 Å². The SMILES string of the molecule is CCC(C)OCC(=O)Nc1c(N)cc(Cl)cc1Cl. The summed E-state index contributed by atoms with van der Waals surface area (Å²) in [5.41, 5.74) is 6.41. The lowest BCUT2D eigenvalue weighted by molar-refractivity contribution is -0.122. The summed E-state index contributed by atoms with van der Waals surface area (Å²) < 4.78 is 5.31. The summed E-state index contributed by atoms with van der Waals surface area (Å²) in [5, 5.41) is 3.33. The Kier molecular flexibility index (Phi) is 5.72. The average molecular weight is 291 g/mol. The fourth-order valence-corrected chi connectivity index (χ4v) is 1.79. The molecule has 0 radical (unpaired) electrons. The summed E-state index contributed by atoms with van der Waals surface area (Å²) in [6, 6.07) is 3.04. The van der Waals surface area contributed by atoms with Gasteiger partial charge in [-0.15, -0.1) is 0 Å². The molecule has 0 spiro atoms. The van der Waals surface area contributed by atoms with Crippen LogP contribution in [0.3, 0.4) is 0 Å². The van der Waals surface area contributed by atoms with Crippen molar-refractivity contribution >= 4 is 40.5 Å². The highest BCUT2D eigenvalue weighted by Gasteiger charge is 2.11. The Morgan fingerprint density at radius 1 is 1.50 bits per heavy atom. The molecule has 0 aliphatic heterocycles. The van der Waals surface area contributed by atoms with Crippen molar-refractivity contribution in [3.8, 4) is 0 Å². The number of ether oxygens (including phenoxy) is 1. The van der Waals surface area contributed by atoms with Crippen molar-refractivity contribution in [1.29, 1.82) is 0 Å². The zero-order valence-corrected chi connectivity index (χ0v) is 11.8. The molecule has 3 N–H and O–H groups in total. The first-order chi connectivity index (χ1) is 8.43. The van der Waals surface area contributed by atoms with Gasteiger partial charge in [0.1, 0.15) is 6.61 Å². The first-order valence-corrected chi connectivity index (χ1v) is 6.35. The number of benzene rings is 1. The first kappa shape index (κ1) is 15.1. The van der Waals surface area contributed by atoms with Crippen molar-refractivity contribution in [2.45, 2.75) is 26.4 Å². The number of hydrogen-bond donors (Lipinski definition) is 2. The third kappa shape index (κ3) is 4.37. The van der Waals surface area contributed by atoms with Crippen molar-refractivity contribution < 1.29 is 9.53 Å². The lowest BCUT2D eigenvalue weighted by Gasteiger charge is -2.13. The predicted molar refractivity (Wildman–Crippen MR) is 75.2 cm³/mol. The number of carbonyl (C=O) groups is 1. The molecule has 1 aromatic rings. The summed E-state index contributed by atoms with van der Waals surface area (Å²) in [6.45, 7) is 3.85. The van der Waals surface area contributed by atoms with Crippen LogP contribution in [0.1, 0.15) is 20.3 Å². The Labute approximate surface area is 116 Å². The quantitative estimate of drug-likeness (QED) is 0.818. The van der Waals surface area contributed by atoms with E-state index in [0.717, 1.165) is 6.42 Å². The van der Waals surface area contributed by atoms with Crippen LogP contribution in [0.5, 0.6) is 0 Å². The number of hydrogen-bond acceptors (Lipinski definition) is 3. The first-order valence-electron chi connectivity index (χ1n) is 5.60. The second kappa shape index (κ2) is 6.83. The number of nitrogen functional groups attached to an aromatic ring is 1. The van der Waals surface area contributed by atoms with Crippen LogP contribution in [0, 0.1) is 0 Å². The molecular formula is C12H16Cl2N2O2. The minimum atomic E-state index is -0.300. The van der Waals surface area contributed by atoms with Gasteiger partial charge in [0, 0.05) is 5.02 Å². The van der Waals surface area contributed by atoms with Crippen LogP contribution in [0.15, 0.2) is 12.1 Å². The van der Waals surface area contributed by atoms with Gasteiger partial charge in [-0.05, 0) is 25.5 Å². The molecule has 1 amide bonds. The van der Waals surface area contributed by atoms with Crippen LogP contribution in [0.4, 0.5) is 11.4 Å².